The lowest BCUT2D eigenvalue weighted by atomic mass is 10.1. The predicted octanol–water partition coefficient (Wildman–Crippen LogP) is 4.08. The van der Waals surface area contributed by atoms with Gasteiger partial charge in [-0.3, -0.25) is 0 Å². The first-order chi connectivity index (χ1) is 12.5. The number of rotatable bonds is 4. The summed E-state index contributed by atoms with van der Waals surface area (Å²) in [5, 5.41) is 10.2. The number of nitrogens with zero attached hydrogens (tertiary/aromatic N) is 2. The molecule has 0 bridgehead atoms. The molecule has 0 aliphatic carbocycles. The second-order valence-corrected chi connectivity index (χ2v) is 6.79. The smallest absolute Gasteiger partial charge is 0.176 e. The van der Waals surface area contributed by atoms with Gasteiger partial charge in [-0.05, 0) is 43.3 Å². The molecular weight excluding hydrogens is 375 g/mol. The van der Waals surface area contributed by atoms with Gasteiger partial charge in [0, 0.05) is 37.4 Å². The van der Waals surface area contributed by atoms with Crippen molar-refractivity contribution in [1.82, 2.24) is 4.90 Å². The molecule has 0 amide bonds. The highest BCUT2D eigenvalue weighted by Crippen LogP contribution is 2.35. The number of aromatic hydroxyl groups is 1. The van der Waals surface area contributed by atoms with Crippen LogP contribution in [0.3, 0.4) is 0 Å². The van der Waals surface area contributed by atoms with E-state index in [2.05, 4.69) is 9.80 Å². The molecule has 1 aliphatic rings. The molecule has 0 aromatic heterocycles. The number of halogens is 2. The van der Waals surface area contributed by atoms with Gasteiger partial charge in [-0.2, -0.15) is 0 Å². The molecule has 1 fully saturated rings. The third kappa shape index (κ3) is 4.02. The SMILES string of the molecule is CCOc1cc(C(=S)N2CCN(c3ccc(F)cc3)CC2)cc(Cl)c1O. The summed E-state index contributed by atoms with van der Waals surface area (Å²) < 4.78 is 18.5. The van der Waals surface area contributed by atoms with Crippen LogP contribution >= 0.6 is 23.8 Å². The molecule has 0 radical (unpaired) electrons. The minimum atomic E-state index is -0.233. The number of thiocarbonyl (C=S) groups is 1. The quantitative estimate of drug-likeness (QED) is 0.790. The fraction of sp³-hybridized carbons (Fsp3) is 0.316. The van der Waals surface area contributed by atoms with E-state index < -0.39 is 0 Å². The van der Waals surface area contributed by atoms with Crippen molar-refractivity contribution in [3.63, 3.8) is 0 Å². The van der Waals surface area contributed by atoms with Crippen LogP contribution in [0.2, 0.25) is 5.02 Å². The van der Waals surface area contributed by atoms with Crippen molar-refractivity contribution in [3.8, 4) is 11.5 Å². The van der Waals surface area contributed by atoms with E-state index in [1.807, 2.05) is 6.92 Å². The standard InChI is InChI=1S/C19H20ClFN2O2S/c1-2-25-17-12-13(11-16(20)18(17)24)19(26)23-9-7-22(8-10-23)15-5-3-14(21)4-6-15/h3-6,11-12,24H,2,7-10H2,1H3. The maximum atomic E-state index is 13.1. The largest absolute Gasteiger partial charge is 0.503 e. The van der Waals surface area contributed by atoms with Gasteiger partial charge in [0.25, 0.3) is 0 Å². The van der Waals surface area contributed by atoms with E-state index in [4.69, 9.17) is 28.6 Å². The third-order valence-corrected chi connectivity index (χ3v) is 5.12. The zero-order valence-electron chi connectivity index (χ0n) is 14.4. The van der Waals surface area contributed by atoms with Crippen molar-refractivity contribution < 1.29 is 14.2 Å². The van der Waals surface area contributed by atoms with Crippen LogP contribution in [-0.4, -0.2) is 47.8 Å². The van der Waals surface area contributed by atoms with Gasteiger partial charge in [0.15, 0.2) is 11.5 Å². The van der Waals surface area contributed by atoms with E-state index in [1.165, 1.54) is 12.1 Å². The number of phenols is 1. The third-order valence-electron chi connectivity index (χ3n) is 4.33. The van der Waals surface area contributed by atoms with Crippen LogP contribution < -0.4 is 9.64 Å². The summed E-state index contributed by atoms with van der Waals surface area (Å²) in [6.45, 7) is 5.34. The molecule has 0 spiro atoms. The average molecular weight is 395 g/mol. The molecule has 1 N–H and O–H groups in total. The van der Waals surface area contributed by atoms with E-state index in [0.717, 1.165) is 37.4 Å². The first kappa shape index (κ1) is 18.7. The van der Waals surface area contributed by atoms with E-state index >= 15 is 0 Å². The molecule has 1 aliphatic heterocycles. The van der Waals surface area contributed by atoms with Gasteiger partial charge in [0.05, 0.1) is 11.6 Å². The Bertz CT molecular complexity index is 793. The summed E-state index contributed by atoms with van der Waals surface area (Å²) in [6.07, 6.45) is 0. The summed E-state index contributed by atoms with van der Waals surface area (Å²) in [5.41, 5.74) is 1.75. The van der Waals surface area contributed by atoms with Crippen LogP contribution in [-0.2, 0) is 0 Å². The van der Waals surface area contributed by atoms with Gasteiger partial charge in [-0.1, -0.05) is 23.8 Å². The molecule has 0 unspecified atom stereocenters. The van der Waals surface area contributed by atoms with Crippen LogP contribution in [0.4, 0.5) is 10.1 Å². The zero-order chi connectivity index (χ0) is 18.7. The van der Waals surface area contributed by atoms with Gasteiger partial charge in [-0.25, -0.2) is 4.39 Å². The van der Waals surface area contributed by atoms with Crippen LogP contribution in [0.1, 0.15) is 12.5 Å². The van der Waals surface area contributed by atoms with Gasteiger partial charge in [0.1, 0.15) is 10.8 Å². The van der Waals surface area contributed by atoms with Crippen LogP contribution in [0.15, 0.2) is 36.4 Å². The van der Waals surface area contributed by atoms with Crippen molar-refractivity contribution in [1.29, 1.82) is 0 Å². The Labute approximate surface area is 162 Å². The van der Waals surface area contributed by atoms with Crippen LogP contribution in [0.25, 0.3) is 0 Å². The molecule has 7 heteroatoms. The van der Waals surface area contributed by atoms with Gasteiger partial charge < -0.3 is 19.6 Å². The van der Waals surface area contributed by atoms with E-state index in [9.17, 15) is 9.50 Å². The summed E-state index contributed by atoms with van der Waals surface area (Å²) in [4.78, 5) is 4.98. The Kier molecular flexibility index (Phi) is 5.84. The molecule has 4 nitrogen and oxygen atoms in total. The Hall–Kier alpha value is -2.05. The maximum absolute atomic E-state index is 13.1. The fourth-order valence-corrected chi connectivity index (χ4v) is 3.48. The first-order valence-electron chi connectivity index (χ1n) is 8.44. The van der Waals surface area contributed by atoms with E-state index in [1.54, 1.807) is 24.3 Å². The first-order valence-corrected chi connectivity index (χ1v) is 9.23. The lowest BCUT2D eigenvalue weighted by Crippen LogP contribution is -2.48. The highest BCUT2D eigenvalue weighted by atomic mass is 35.5. The lowest BCUT2D eigenvalue weighted by molar-refractivity contribution is 0.318. The lowest BCUT2D eigenvalue weighted by Gasteiger charge is -2.37. The van der Waals surface area contributed by atoms with Gasteiger partial charge in [0.2, 0.25) is 0 Å². The summed E-state index contributed by atoms with van der Waals surface area (Å²) >= 11 is 11.7. The molecule has 1 heterocycles. The van der Waals surface area contributed by atoms with Crippen molar-refractivity contribution in [2.45, 2.75) is 6.92 Å². The van der Waals surface area contributed by atoms with Crippen LogP contribution in [0, 0.1) is 5.82 Å². The average Bonchev–Trinajstić information content (AvgIpc) is 2.65. The molecule has 3 rings (SSSR count). The van der Waals surface area contributed by atoms with E-state index in [-0.39, 0.29) is 16.6 Å². The molecule has 0 atom stereocenters. The Morgan fingerprint density at radius 2 is 1.85 bits per heavy atom. The summed E-state index contributed by atoms with van der Waals surface area (Å²) in [7, 11) is 0. The molecule has 1 saturated heterocycles. The molecular formula is C19H20ClFN2O2S. The van der Waals surface area contributed by atoms with Crippen molar-refractivity contribution >= 4 is 34.5 Å². The maximum Gasteiger partial charge on any atom is 0.176 e. The Morgan fingerprint density at radius 1 is 1.19 bits per heavy atom. The van der Waals surface area contributed by atoms with Crippen LogP contribution in [0.5, 0.6) is 11.5 Å². The monoisotopic (exact) mass is 394 g/mol. The zero-order valence-corrected chi connectivity index (χ0v) is 16.0. The van der Waals surface area contributed by atoms with Crippen molar-refractivity contribution in [2.24, 2.45) is 0 Å². The number of phenolic OH excluding ortho intramolecular Hbond substituents is 1. The number of anilines is 1. The Morgan fingerprint density at radius 3 is 2.46 bits per heavy atom. The second-order valence-electron chi connectivity index (χ2n) is 5.99. The normalized spacial score (nSPS) is 14.4. The highest BCUT2D eigenvalue weighted by Gasteiger charge is 2.21. The predicted molar refractivity (Wildman–Crippen MR) is 106 cm³/mol. The topological polar surface area (TPSA) is 35.9 Å². The van der Waals surface area contributed by atoms with Crippen molar-refractivity contribution in [3.05, 3.63) is 52.8 Å². The highest BCUT2D eigenvalue weighted by molar-refractivity contribution is 7.80. The summed E-state index contributed by atoms with van der Waals surface area (Å²) in [5.74, 6) is 0.0337. The minimum absolute atomic E-state index is 0.0683. The van der Waals surface area contributed by atoms with Crippen molar-refractivity contribution in [2.75, 3.05) is 37.7 Å². The Balaban J connectivity index is 1.69. The van der Waals surface area contributed by atoms with Gasteiger partial charge >= 0.3 is 0 Å². The number of piperazine rings is 1. The number of hydrogen-bond acceptors (Lipinski definition) is 4. The molecule has 2 aromatic rings. The molecule has 26 heavy (non-hydrogen) atoms. The fourth-order valence-electron chi connectivity index (χ4n) is 2.97. The number of ether oxygens (including phenoxy) is 1. The van der Waals surface area contributed by atoms with Gasteiger partial charge in [-0.15, -0.1) is 0 Å². The van der Waals surface area contributed by atoms with E-state index in [0.29, 0.717) is 17.3 Å². The second kappa shape index (κ2) is 8.10. The summed E-state index contributed by atoms with van der Waals surface area (Å²) in [6, 6.07) is 9.91. The molecule has 138 valence electrons. The number of benzene rings is 2. The molecule has 0 saturated carbocycles. The number of hydrogen-bond donors (Lipinski definition) is 1. The molecule has 2 aromatic carbocycles. The minimum Gasteiger partial charge on any atom is -0.503 e.